The van der Waals surface area contributed by atoms with Crippen LogP contribution >= 0.6 is 0 Å². The van der Waals surface area contributed by atoms with Gasteiger partial charge in [-0.05, 0) is 29.7 Å². The summed E-state index contributed by atoms with van der Waals surface area (Å²) in [6.45, 7) is 4.40. The van der Waals surface area contributed by atoms with Crippen molar-refractivity contribution in [2.24, 2.45) is 5.41 Å². The second-order valence-corrected chi connectivity index (χ2v) is 9.35. The summed E-state index contributed by atoms with van der Waals surface area (Å²) < 4.78 is 44.4. The van der Waals surface area contributed by atoms with Gasteiger partial charge in [-0.2, -0.15) is 10.4 Å². The van der Waals surface area contributed by atoms with Gasteiger partial charge >= 0.3 is 0 Å². The number of nitrogens with zero attached hydrogens (tertiary/aromatic N) is 3. The SMILES string of the molecule is CNC(=O)CNC(=O)C(NC(=O)c1nn(Cc2ccc(C#N)cc2F)c2c(F)c(F)ccc12)C(C)(C)C. The number of hydrogen-bond acceptors (Lipinski definition) is 5. The Balaban J connectivity index is 2.01. The van der Waals surface area contributed by atoms with Crippen LogP contribution in [-0.4, -0.2) is 47.1 Å². The van der Waals surface area contributed by atoms with Crippen molar-refractivity contribution in [3.63, 3.8) is 0 Å². The van der Waals surface area contributed by atoms with Gasteiger partial charge in [-0.25, -0.2) is 13.2 Å². The number of nitrogens with one attached hydrogen (secondary N) is 3. The summed E-state index contributed by atoms with van der Waals surface area (Å²) in [5.74, 6) is -5.17. The average Bonchev–Trinajstić information content (AvgIpc) is 3.22. The van der Waals surface area contributed by atoms with Crippen molar-refractivity contribution in [2.75, 3.05) is 13.6 Å². The minimum absolute atomic E-state index is 0.0279. The Labute approximate surface area is 210 Å². The first-order valence-electron chi connectivity index (χ1n) is 11.2. The van der Waals surface area contributed by atoms with Gasteiger partial charge in [0.1, 0.15) is 17.4 Å². The van der Waals surface area contributed by atoms with Gasteiger partial charge in [0.15, 0.2) is 17.3 Å². The molecule has 0 saturated heterocycles. The van der Waals surface area contributed by atoms with E-state index in [1.54, 1.807) is 26.8 Å². The molecule has 3 rings (SSSR count). The first kappa shape index (κ1) is 27.2. The fourth-order valence-electron chi connectivity index (χ4n) is 3.63. The lowest BCUT2D eigenvalue weighted by molar-refractivity contribution is -0.128. The summed E-state index contributed by atoms with van der Waals surface area (Å²) in [5.41, 5.74) is -1.38. The second kappa shape index (κ2) is 10.7. The zero-order valence-corrected chi connectivity index (χ0v) is 20.6. The third-order valence-electron chi connectivity index (χ3n) is 5.63. The Hall–Kier alpha value is -4.40. The van der Waals surface area contributed by atoms with Crippen molar-refractivity contribution in [3.05, 3.63) is 64.6 Å². The highest BCUT2D eigenvalue weighted by Crippen LogP contribution is 2.26. The van der Waals surface area contributed by atoms with Crippen LogP contribution in [-0.2, 0) is 16.1 Å². The van der Waals surface area contributed by atoms with Crippen molar-refractivity contribution in [3.8, 4) is 6.07 Å². The van der Waals surface area contributed by atoms with E-state index in [0.29, 0.717) is 0 Å². The molecule has 0 radical (unpaired) electrons. The van der Waals surface area contributed by atoms with E-state index in [4.69, 9.17) is 5.26 Å². The van der Waals surface area contributed by atoms with E-state index in [1.165, 1.54) is 25.2 Å². The van der Waals surface area contributed by atoms with E-state index < -0.39 is 46.6 Å². The van der Waals surface area contributed by atoms with Gasteiger partial charge in [-0.1, -0.05) is 26.8 Å². The number of aromatic nitrogens is 2. The van der Waals surface area contributed by atoms with E-state index in [0.717, 1.165) is 16.8 Å². The molecule has 1 heterocycles. The van der Waals surface area contributed by atoms with Crippen molar-refractivity contribution in [1.29, 1.82) is 5.26 Å². The minimum atomic E-state index is -1.28. The van der Waals surface area contributed by atoms with Gasteiger partial charge in [0.2, 0.25) is 11.8 Å². The summed E-state index contributed by atoms with van der Waals surface area (Å²) in [6, 6.07) is 6.35. The van der Waals surface area contributed by atoms with Gasteiger partial charge < -0.3 is 16.0 Å². The molecule has 2 aromatic carbocycles. The molecular formula is C25H25F3N6O3. The Bertz CT molecular complexity index is 1420. The molecule has 0 saturated carbocycles. The number of amides is 3. The molecule has 0 aliphatic heterocycles. The third kappa shape index (κ3) is 5.88. The van der Waals surface area contributed by atoms with Crippen LogP contribution in [0.15, 0.2) is 30.3 Å². The van der Waals surface area contributed by atoms with Gasteiger partial charge in [-0.3, -0.25) is 19.1 Å². The number of halogens is 3. The Morgan fingerprint density at radius 3 is 2.41 bits per heavy atom. The standard InChI is InChI=1S/C25H25F3N6O3/c1-25(2,3)22(24(37)31-11-18(35)30-4)32-23(36)20-15-7-8-16(26)19(28)21(15)34(33-20)12-14-6-5-13(10-29)9-17(14)27/h5-9,22H,11-12H2,1-4H3,(H,30,35)(H,31,37)(H,32,36). The zero-order valence-electron chi connectivity index (χ0n) is 20.6. The predicted molar refractivity (Wildman–Crippen MR) is 128 cm³/mol. The first-order valence-corrected chi connectivity index (χ1v) is 11.2. The fourth-order valence-corrected chi connectivity index (χ4v) is 3.63. The van der Waals surface area contributed by atoms with E-state index in [2.05, 4.69) is 21.0 Å². The minimum Gasteiger partial charge on any atom is -0.358 e. The molecule has 0 bridgehead atoms. The number of carbonyl (C=O) groups is 3. The molecule has 0 spiro atoms. The predicted octanol–water partition coefficient (Wildman–Crippen LogP) is 2.38. The smallest absolute Gasteiger partial charge is 0.273 e. The average molecular weight is 515 g/mol. The summed E-state index contributed by atoms with van der Waals surface area (Å²) >= 11 is 0. The highest BCUT2D eigenvalue weighted by atomic mass is 19.2. The molecule has 3 N–H and O–H groups in total. The molecule has 9 nitrogen and oxygen atoms in total. The van der Waals surface area contributed by atoms with Crippen LogP contribution in [0.3, 0.4) is 0 Å². The van der Waals surface area contributed by atoms with E-state index in [1.807, 2.05) is 0 Å². The highest BCUT2D eigenvalue weighted by Gasteiger charge is 2.34. The third-order valence-corrected chi connectivity index (χ3v) is 5.63. The van der Waals surface area contributed by atoms with E-state index in [9.17, 15) is 27.6 Å². The fraction of sp³-hybridized carbons (Fsp3) is 0.320. The highest BCUT2D eigenvalue weighted by molar-refractivity contribution is 6.06. The van der Waals surface area contributed by atoms with Crippen LogP contribution in [0.4, 0.5) is 13.2 Å². The second-order valence-electron chi connectivity index (χ2n) is 9.35. The summed E-state index contributed by atoms with van der Waals surface area (Å²) in [5, 5.41) is 20.4. The van der Waals surface area contributed by atoms with E-state index in [-0.39, 0.29) is 40.8 Å². The van der Waals surface area contributed by atoms with Crippen LogP contribution < -0.4 is 16.0 Å². The largest absolute Gasteiger partial charge is 0.358 e. The maximum Gasteiger partial charge on any atom is 0.273 e. The number of nitriles is 1. The van der Waals surface area contributed by atoms with Crippen molar-refractivity contribution in [1.82, 2.24) is 25.7 Å². The Morgan fingerprint density at radius 1 is 1.11 bits per heavy atom. The molecule has 1 aromatic heterocycles. The van der Waals surface area contributed by atoms with Crippen molar-refractivity contribution >= 4 is 28.6 Å². The monoisotopic (exact) mass is 514 g/mol. The number of hydrogen-bond donors (Lipinski definition) is 3. The quantitative estimate of drug-likeness (QED) is 0.446. The maximum atomic E-state index is 14.8. The van der Waals surface area contributed by atoms with E-state index >= 15 is 0 Å². The number of fused-ring (bicyclic) bond motifs is 1. The van der Waals surface area contributed by atoms with Crippen molar-refractivity contribution in [2.45, 2.75) is 33.4 Å². The molecule has 3 amide bonds. The first-order chi connectivity index (χ1) is 17.4. The normalized spacial score (nSPS) is 12.1. The van der Waals surface area contributed by atoms with Crippen LogP contribution in [0.25, 0.3) is 10.9 Å². The van der Waals surface area contributed by atoms with Crippen LogP contribution in [0.2, 0.25) is 0 Å². The Kier molecular flexibility index (Phi) is 7.86. The van der Waals surface area contributed by atoms with Gasteiger partial charge in [0.05, 0.1) is 24.7 Å². The maximum absolute atomic E-state index is 14.8. The Morgan fingerprint density at radius 2 is 1.81 bits per heavy atom. The molecule has 194 valence electrons. The van der Waals surface area contributed by atoms with Crippen LogP contribution in [0, 0.1) is 34.2 Å². The summed E-state index contributed by atoms with van der Waals surface area (Å²) in [4.78, 5) is 37.5. The molecule has 0 aliphatic rings. The lowest BCUT2D eigenvalue weighted by atomic mass is 9.86. The number of rotatable bonds is 7. The molecule has 0 aliphatic carbocycles. The van der Waals surface area contributed by atoms with Crippen LogP contribution in [0.5, 0.6) is 0 Å². The molecule has 3 aromatic rings. The van der Waals surface area contributed by atoms with Gasteiger partial charge in [0, 0.05) is 18.0 Å². The summed E-state index contributed by atoms with van der Waals surface area (Å²) in [7, 11) is 1.41. The lowest BCUT2D eigenvalue weighted by Gasteiger charge is -2.30. The molecule has 1 atom stereocenters. The number of likely N-dealkylation sites (N-methyl/N-ethyl adjacent to an activating group) is 1. The van der Waals surface area contributed by atoms with Gasteiger partial charge in [-0.15, -0.1) is 0 Å². The molecule has 0 fully saturated rings. The molecular weight excluding hydrogens is 489 g/mol. The topological polar surface area (TPSA) is 129 Å². The molecule has 1 unspecified atom stereocenters. The number of benzene rings is 2. The van der Waals surface area contributed by atoms with Crippen molar-refractivity contribution < 1.29 is 27.6 Å². The molecule has 37 heavy (non-hydrogen) atoms. The molecule has 12 heteroatoms. The zero-order chi connectivity index (χ0) is 27.5. The summed E-state index contributed by atoms with van der Waals surface area (Å²) in [6.07, 6.45) is 0. The lowest BCUT2D eigenvalue weighted by Crippen LogP contribution is -2.54. The van der Waals surface area contributed by atoms with Crippen LogP contribution in [0.1, 0.15) is 42.4 Å². The van der Waals surface area contributed by atoms with Gasteiger partial charge in [0.25, 0.3) is 5.91 Å². The number of carbonyl (C=O) groups excluding carboxylic acids is 3.